The molecule has 1 N–H and O–H groups in total. The van der Waals surface area contributed by atoms with Gasteiger partial charge in [-0.2, -0.15) is 0 Å². The predicted octanol–water partition coefficient (Wildman–Crippen LogP) is 3.42. The van der Waals surface area contributed by atoms with Gasteiger partial charge in [-0.15, -0.1) is 0 Å². The van der Waals surface area contributed by atoms with Crippen molar-refractivity contribution in [3.05, 3.63) is 17.7 Å². The molecule has 2 aliphatic rings. The van der Waals surface area contributed by atoms with Crippen LogP contribution in [0.4, 0.5) is 0 Å². The molecule has 1 aliphatic heterocycles. The number of hydrogen-bond acceptors (Lipinski definition) is 4. The first-order valence-corrected chi connectivity index (χ1v) is 7.87. The van der Waals surface area contributed by atoms with Crippen LogP contribution in [0.1, 0.15) is 37.7 Å². The van der Waals surface area contributed by atoms with Crippen LogP contribution in [0, 0.1) is 0 Å². The molecule has 3 rings (SSSR count). The second-order valence-corrected chi connectivity index (χ2v) is 6.32. The van der Waals surface area contributed by atoms with Gasteiger partial charge in [0.25, 0.3) is 0 Å². The van der Waals surface area contributed by atoms with Gasteiger partial charge in [0.2, 0.25) is 0 Å². The lowest BCUT2D eigenvalue weighted by Crippen LogP contribution is -2.38. The van der Waals surface area contributed by atoms with Gasteiger partial charge in [0.05, 0.1) is 17.4 Å². The molecule has 0 radical (unpaired) electrons. The van der Waals surface area contributed by atoms with Crippen LogP contribution >= 0.6 is 11.8 Å². The Bertz CT molecular complexity index is 535. The van der Waals surface area contributed by atoms with Gasteiger partial charge in [0, 0.05) is 5.56 Å². The molecule has 0 amide bonds. The van der Waals surface area contributed by atoms with E-state index in [0.29, 0.717) is 24.5 Å². The molecular weight excluding hydrogens is 276 g/mol. The molecule has 5 heteroatoms. The van der Waals surface area contributed by atoms with Crippen molar-refractivity contribution in [1.29, 1.82) is 0 Å². The third-order valence-corrected chi connectivity index (χ3v) is 5.19. The minimum absolute atomic E-state index is 0.585. The van der Waals surface area contributed by atoms with Gasteiger partial charge >= 0.3 is 5.97 Å². The number of rotatable bonds is 3. The lowest BCUT2D eigenvalue weighted by Gasteiger charge is -2.34. The van der Waals surface area contributed by atoms with E-state index < -0.39 is 11.4 Å². The van der Waals surface area contributed by atoms with E-state index in [1.807, 2.05) is 12.1 Å². The summed E-state index contributed by atoms with van der Waals surface area (Å²) in [6.07, 6.45) is 4.34. The van der Waals surface area contributed by atoms with Crippen LogP contribution in [0.5, 0.6) is 11.5 Å². The molecule has 1 aliphatic carbocycles. The van der Waals surface area contributed by atoms with Gasteiger partial charge in [-0.1, -0.05) is 31.0 Å². The Morgan fingerprint density at radius 1 is 1.35 bits per heavy atom. The molecule has 0 unspecified atom stereocenters. The average Bonchev–Trinajstić information content (AvgIpc) is 2.93. The Morgan fingerprint density at radius 2 is 2.10 bits per heavy atom. The summed E-state index contributed by atoms with van der Waals surface area (Å²) in [4.78, 5) is 13.0. The number of fused-ring (bicyclic) bond motifs is 1. The van der Waals surface area contributed by atoms with Crippen LogP contribution in [0.2, 0.25) is 0 Å². The highest BCUT2D eigenvalue weighted by Crippen LogP contribution is 2.48. The van der Waals surface area contributed by atoms with E-state index in [1.165, 1.54) is 0 Å². The highest BCUT2D eigenvalue weighted by molar-refractivity contribution is 7.99. The van der Waals surface area contributed by atoms with Crippen LogP contribution in [-0.4, -0.2) is 24.1 Å². The second-order valence-electron chi connectivity index (χ2n) is 5.35. The lowest BCUT2D eigenvalue weighted by molar-refractivity contribution is -0.145. The highest BCUT2D eigenvalue weighted by atomic mass is 32.2. The Kier molecular flexibility index (Phi) is 3.54. The molecule has 0 atom stereocenters. The molecule has 20 heavy (non-hydrogen) atoms. The van der Waals surface area contributed by atoms with E-state index in [9.17, 15) is 9.90 Å². The van der Waals surface area contributed by atoms with Crippen molar-refractivity contribution in [2.75, 3.05) is 13.0 Å². The third kappa shape index (κ3) is 2.04. The summed E-state index contributed by atoms with van der Waals surface area (Å²) in [7, 11) is 1.60. The lowest BCUT2D eigenvalue weighted by atomic mass is 9.69. The van der Waals surface area contributed by atoms with E-state index in [1.54, 1.807) is 18.9 Å². The SMILES string of the molecule is COc1cc2c(cc1C1(C(=O)O)CCCCC1)OCS2. The summed E-state index contributed by atoms with van der Waals surface area (Å²) in [6.45, 7) is 0. The Morgan fingerprint density at radius 3 is 2.75 bits per heavy atom. The summed E-state index contributed by atoms with van der Waals surface area (Å²) < 4.78 is 11.0. The first-order chi connectivity index (χ1) is 9.67. The number of carboxylic acid groups (broad SMARTS) is 1. The van der Waals surface area contributed by atoms with Crippen molar-refractivity contribution in [2.45, 2.75) is 42.4 Å². The maximum Gasteiger partial charge on any atom is 0.314 e. The van der Waals surface area contributed by atoms with Gasteiger partial charge in [-0.25, -0.2) is 0 Å². The highest BCUT2D eigenvalue weighted by Gasteiger charge is 2.44. The Hall–Kier alpha value is -1.36. The van der Waals surface area contributed by atoms with Gasteiger partial charge < -0.3 is 14.6 Å². The summed E-state index contributed by atoms with van der Waals surface area (Å²) in [5.41, 5.74) is -0.0525. The van der Waals surface area contributed by atoms with Crippen molar-refractivity contribution in [3.63, 3.8) is 0 Å². The number of carbonyl (C=O) groups is 1. The zero-order chi connectivity index (χ0) is 14.2. The predicted molar refractivity (Wildman–Crippen MR) is 76.7 cm³/mol. The third-order valence-electron chi connectivity index (χ3n) is 4.33. The largest absolute Gasteiger partial charge is 0.496 e. The fourth-order valence-electron chi connectivity index (χ4n) is 3.22. The molecule has 4 nitrogen and oxygen atoms in total. The second kappa shape index (κ2) is 5.20. The van der Waals surface area contributed by atoms with Crippen LogP contribution < -0.4 is 9.47 Å². The molecule has 1 aromatic rings. The molecule has 108 valence electrons. The topological polar surface area (TPSA) is 55.8 Å². The number of carboxylic acids is 1. The van der Waals surface area contributed by atoms with Crippen molar-refractivity contribution in [3.8, 4) is 11.5 Å². The molecular formula is C15H18O4S. The first-order valence-electron chi connectivity index (χ1n) is 6.89. The molecule has 1 fully saturated rings. The molecule has 0 saturated heterocycles. The number of aliphatic carboxylic acids is 1. The van der Waals surface area contributed by atoms with Crippen molar-refractivity contribution in [1.82, 2.24) is 0 Å². The van der Waals surface area contributed by atoms with Gasteiger partial charge in [-0.3, -0.25) is 4.79 Å². The van der Waals surface area contributed by atoms with Gasteiger partial charge in [0.1, 0.15) is 17.4 Å². The number of ether oxygens (including phenoxy) is 2. The van der Waals surface area contributed by atoms with Crippen LogP contribution in [0.3, 0.4) is 0 Å². The maximum absolute atomic E-state index is 11.9. The van der Waals surface area contributed by atoms with Gasteiger partial charge in [0.15, 0.2) is 0 Å². The zero-order valence-electron chi connectivity index (χ0n) is 11.5. The monoisotopic (exact) mass is 294 g/mol. The molecule has 0 bridgehead atoms. The molecule has 0 aromatic heterocycles. The van der Waals surface area contributed by atoms with Crippen molar-refractivity contribution in [2.24, 2.45) is 0 Å². The van der Waals surface area contributed by atoms with Crippen molar-refractivity contribution < 1.29 is 19.4 Å². The van der Waals surface area contributed by atoms with E-state index in [4.69, 9.17) is 9.47 Å². The number of methoxy groups -OCH3 is 1. The van der Waals surface area contributed by atoms with Gasteiger partial charge in [-0.05, 0) is 25.0 Å². The molecule has 1 aromatic carbocycles. The van der Waals surface area contributed by atoms with Crippen LogP contribution in [0.15, 0.2) is 17.0 Å². The molecule has 0 spiro atoms. The van der Waals surface area contributed by atoms with Crippen LogP contribution in [-0.2, 0) is 10.2 Å². The molecule has 1 saturated carbocycles. The fraction of sp³-hybridized carbons (Fsp3) is 0.533. The summed E-state index contributed by atoms with van der Waals surface area (Å²) in [5, 5.41) is 9.81. The maximum atomic E-state index is 11.9. The molecule has 1 heterocycles. The standard InChI is InChI=1S/C15H18O4S/c1-18-11-8-13-12(19-9-20-13)7-10(11)15(14(16)17)5-3-2-4-6-15/h7-8H,2-6,9H2,1H3,(H,16,17). The van der Waals surface area contributed by atoms with Crippen LogP contribution in [0.25, 0.3) is 0 Å². The van der Waals surface area contributed by atoms with E-state index in [0.717, 1.165) is 35.5 Å². The minimum Gasteiger partial charge on any atom is -0.496 e. The summed E-state index contributed by atoms with van der Waals surface area (Å²) >= 11 is 1.61. The Balaban J connectivity index is 2.13. The Labute approximate surface area is 122 Å². The zero-order valence-corrected chi connectivity index (χ0v) is 12.3. The smallest absolute Gasteiger partial charge is 0.314 e. The number of hydrogen-bond donors (Lipinski definition) is 1. The minimum atomic E-state index is -0.824. The van der Waals surface area contributed by atoms with E-state index in [-0.39, 0.29) is 0 Å². The normalized spacial score (nSPS) is 20.1. The van der Waals surface area contributed by atoms with E-state index >= 15 is 0 Å². The summed E-state index contributed by atoms with van der Waals surface area (Å²) in [6, 6.07) is 3.80. The fourth-order valence-corrected chi connectivity index (χ4v) is 3.98. The summed E-state index contributed by atoms with van der Waals surface area (Å²) in [5.74, 6) is 1.30. The number of thioether (sulfide) groups is 1. The van der Waals surface area contributed by atoms with Crippen molar-refractivity contribution >= 4 is 17.7 Å². The quantitative estimate of drug-likeness (QED) is 0.925. The number of benzene rings is 1. The van der Waals surface area contributed by atoms with E-state index in [2.05, 4.69) is 0 Å². The first kappa shape index (κ1) is 13.6. The average molecular weight is 294 g/mol.